The van der Waals surface area contributed by atoms with E-state index in [0.717, 1.165) is 4.47 Å². The standard InChI is InChI=1S/C9H8BrNO2/c1-2-9(12)7-5-6(10)3-4-8(7)11-13/h3-5H,2H2,1H3. The first-order chi connectivity index (χ1) is 6.19. The van der Waals surface area contributed by atoms with Gasteiger partial charge in [-0.2, -0.15) is 0 Å². The van der Waals surface area contributed by atoms with Gasteiger partial charge in [0.05, 0.1) is 0 Å². The van der Waals surface area contributed by atoms with Gasteiger partial charge in [-0.3, -0.25) is 4.79 Å². The van der Waals surface area contributed by atoms with Gasteiger partial charge in [0.2, 0.25) is 0 Å². The number of nitrogens with zero attached hydrogens (tertiary/aromatic N) is 1. The zero-order valence-corrected chi connectivity index (χ0v) is 8.67. The van der Waals surface area contributed by atoms with Crippen LogP contribution in [0.3, 0.4) is 0 Å². The largest absolute Gasteiger partial charge is 0.294 e. The Balaban J connectivity index is 3.23. The fraction of sp³-hybridized carbons (Fsp3) is 0.222. The molecule has 0 bridgehead atoms. The molecule has 13 heavy (non-hydrogen) atoms. The Morgan fingerprint density at radius 3 is 2.77 bits per heavy atom. The molecule has 68 valence electrons. The Labute approximate surface area is 84.3 Å². The maximum atomic E-state index is 11.3. The minimum atomic E-state index is -0.0732. The molecular formula is C9H8BrNO2. The predicted molar refractivity (Wildman–Crippen MR) is 54.2 cm³/mol. The van der Waals surface area contributed by atoms with Gasteiger partial charge in [-0.05, 0) is 23.4 Å². The molecule has 0 saturated heterocycles. The maximum Gasteiger partial charge on any atom is 0.164 e. The summed E-state index contributed by atoms with van der Waals surface area (Å²) in [4.78, 5) is 21.7. The van der Waals surface area contributed by atoms with Crippen LogP contribution in [0.5, 0.6) is 0 Å². The molecule has 0 atom stereocenters. The molecule has 3 nitrogen and oxygen atoms in total. The minimum Gasteiger partial charge on any atom is -0.294 e. The number of nitroso groups, excluding NO2 is 1. The van der Waals surface area contributed by atoms with E-state index in [1.807, 2.05) is 0 Å². The average Bonchev–Trinajstić information content (AvgIpc) is 2.16. The molecule has 0 aliphatic rings. The number of hydrogen-bond acceptors (Lipinski definition) is 3. The van der Waals surface area contributed by atoms with Gasteiger partial charge < -0.3 is 0 Å². The lowest BCUT2D eigenvalue weighted by Crippen LogP contribution is -1.96. The van der Waals surface area contributed by atoms with Crippen molar-refractivity contribution in [1.29, 1.82) is 0 Å². The summed E-state index contributed by atoms with van der Waals surface area (Å²) >= 11 is 3.23. The van der Waals surface area contributed by atoms with Crippen LogP contribution in [0.1, 0.15) is 23.7 Å². The summed E-state index contributed by atoms with van der Waals surface area (Å²) in [6.07, 6.45) is 0.374. The molecule has 0 aliphatic carbocycles. The van der Waals surface area contributed by atoms with Gasteiger partial charge in [-0.15, -0.1) is 4.91 Å². The Morgan fingerprint density at radius 2 is 2.23 bits per heavy atom. The lowest BCUT2D eigenvalue weighted by Gasteiger charge is -2.00. The van der Waals surface area contributed by atoms with Crippen LogP contribution < -0.4 is 0 Å². The summed E-state index contributed by atoms with van der Waals surface area (Å²) in [5.41, 5.74) is 0.585. The Morgan fingerprint density at radius 1 is 1.54 bits per heavy atom. The summed E-state index contributed by atoms with van der Waals surface area (Å²) in [5, 5.41) is 2.79. The van der Waals surface area contributed by atoms with Crippen molar-refractivity contribution in [2.75, 3.05) is 0 Å². The van der Waals surface area contributed by atoms with Crippen molar-refractivity contribution in [1.82, 2.24) is 0 Å². The molecule has 0 aliphatic heterocycles. The van der Waals surface area contributed by atoms with Crippen molar-refractivity contribution < 1.29 is 4.79 Å². The number of rotatable bonds is 3. The van der Waals surface area contributed by atoms with Gasteiger partial charge in [0, 0.05) is 16.5 Å². The summed E-state index contributed by atoms with van der Waals surface area (Å²) in [5.74, 6) is -0.0732. The van der Waals surface area contributed by atoms with E-state index in [2.05, 4.69) is 21.1 Å². The summed E-state index contributed by atoms with van der Waals surface area (Å²) in [6.45, 7) is 1.75. The number of ketones is 1. The number of Topliss-reactive ketones (excluding diaryl/α,β-unsaturated/α-hetero) is 1. The molecule has 0 amide bonds. The van der Waals surface area contributed by atoms with Crippen LogP contribution in [0.15, 0.2) is 27.8 Å². The van der Waals surface area contributed by atoms with Crippen molar-refractivity contribution >= 4 is 27.4 Å². The minimum absolute atomic E-state index is 0.0732. The Kier molecular flexibility index (Phi) is 3.31. The second kappa shape index (κ2) is 4.28. The van der Waals surface area contributed by atoms with Crippen molar-refractivity contribution in [3.8, 4) is 0 Å². The fourth-order valence-corrected chi connectivity index (χ4v) is 1.36. The Hall–Kier alpha value is -1.03. The first-order valence-electron chi connectivity index (χ1n) is 3.85. The molecule has 0 radical (unpaired) electrons. The molecule has 0 unspecified atom stereocenters. The van der Waals surface area contributed by atoms with Crippen LogP contribution in [0.25, 0.3) is 0 Å². The SMILES string of the molecule is CCC(=O)c1cc(Br)ccc1N=O. The van der Waals surface area contributed by atoms with Crippen molar-refractivity contribution in [3.05, 3.63) is 33.1 Å². The molecular weight excluding hydrogens is 234 g/mol. The summed E-state index contributed by atoms with van der Waals surface area (Å²) in [7, 11) is 0. The number of benzene rings is 1. The zero-order valence-electron chi connectivity index (χ0n) is 7.08. The molecule has 0 N–H and O–H groups in total. The normalized spacial score (nSPS) is 9.69. The summed E-state index contributed by atoms with van der Waals surface area (Å²) < 4.78 is 0.775. The number of carbonyl (C=O) groups is 1. The third-order valence-corrected chi connectivity index (χ3v) is 2.17. The van der Waals surface area contributed by atoms with E-state index in [1.165, 1.54) is 6.07 Å². The maximum absolute atomic E-state index is 11.3. The van der Waals surface area contributed by atoms with Crippen LogP contribution in [-0.4, -0.2) is 5.78 Å². The molecule has 0 saturated carbocycles. The monoisotopic (exact) mass is 241 g/mol. The highest BCUT2D eigenvalue weighted by Crippen LogP contribution is 2.24. The smallest absolute Gasteiger partial charge is 0.164 e. The summed E-state index contributed by atoms with van der Waals surface area (Å²) in [6, 6.07) is 4.83. The van der Waals surface area contributed by atoms with E-state index < -0.39 is 0 Å². The van der Waals surface area contributed by atoms with Crippen LogP contribution in [0.4, 0.5) is 5.69 Å². The highest BCUT2D eigenvalue weighted by molar-refractivity contribution is 9.10. The number of carbonyl (C=O) groups excluding carboxylic acids is 1. The lowest BCUT2D eigenvalue weighted by atomic mass is 10.1. The third kappa shape index (κ3) is 2.21. The van der Waals surface area contributed by atoms with Gasteiger partial charge in [-0.25, -0.2) is 0 Å². The van der Waals surface area contributed by atoms with E-state index in [-0.39, 0.29) is 11.5 Å². The molecule has 1 rings (SSSR count). The Bertz CT molecular complexity index is 349. The molecule has 0 spiro atoms. The number of halogens is 1. The predicted octanol–water partition coefficient (Wildman–Crippen LogP) is 3.44. The first-order valence-corrected chi connectivity index (χ1v) is 4.64. The van der Waals surface area contributed by atoms with Gasteiger partial charge in [0.25, 0.3) is 0 Å². The van der Waals surface area contributed by atoms with Crippen molar-refractivity contribution in [2.45, 2.75) is 13.3 Å². The molecule has 1 aromatic rings. The van der Waals surface area contributed by atoms with Crippen LogP contribution in [0, 0.1) is 4.91 Å². The topological polar surface area (TPSA) is 46.5 Å². The highest BCUT2D eigenvalue weighted by atomic mass is 79.9. The lowest BCUT2D eigenvalue weighted by molar-refractivity contribution is 0.0989. The first kappa shape index (κ1) is 10.1. The van der Waals surface area contributed by atoms with Gasteiger partial charge in [0.1, 0.15) is 5.69 Å². The van der Waals surface area contributed by atoms with Crippen molar-refractivity contribution in [3.63, 3.8) is 0 Å². The van der Waals surface area contributed by atoms with E-state index >= 15 is 0 Å². The quantitative estimate of drug-likeness (QED) is 0.602. The number of hydrogen-bond donors (Lipinski definition) is 0. The van der Waals surface area contributed by atoms with Gasteiger partial charge in [0.15, 0.2) is 5.78 Å². The molecule has 0 aromatic heterocycles. The van der Waals surface area contributed by atoms with E-state index in [0.29, 0.717) is 12.0 Å². The third-order valence-electron chi connectivity index (χ3n) is 1.68. The molecule has 4 heteroatoms. The van der Waals surface area contributed by atoms with Crippen LogP contribution in [0.2, 0.25) is 0 Å². The van der Waals surface area contributed by atoms with E-state index in [4.69, 9.17) is 0 Å². The fourth-order valence-electron chi connectivity index (χ4n) is 1.00. The van der Waals surface area contributed by atoms with Crippen LogP contribution in [-0.2, 0) is 0 Å². The van der Waals surface area contributed by atoms with Crippen molar-refractivity contribution in [2.24, 2.45) is 5.18 Å². The highest BCUT2D eigenvalue weighted by Gasteiger charge is 2.10. The second-order valence-corrected chi connectivity index (χ2v) is 3.45. The molecule has 0 heterocycles. The van der Waals surface area contributed by atoms with E-state index in [1.54, 1.807) is 19.1 Å². The molecule has 1 aromatic carbocycles. The van der Waals surface area contributed by atoms with E-state index in [9.17, 15) is 9.70 Å². The van der Waals surface area contributed by atoms with Crippen LogP contribution >= 0.6 is 15.9 Å². The second-order valence-electron chi connectivity index (χ2n) is 2.53. The average molecular weight is 242 g/mol. The molecule has 0 fully saturated rings. The van der Waals surface area contributed by atoms with Gasteiger partial charge in [-0.1, -0.05) is 22.9 Å². The zero-order chi connectivity index (χ0) is 9.84. The van der Waals surface area contributed by atoms with Gasteiger partial charge >= 0.3 is 0 Å².